The van der Waals surface area contributed by atoms with Gasteiger partial charge in [-0.15, -0.1) is 0 Å². The lowest BCUT2D eigenvalue weighted by Crippen LogP contribution is -2.40. The molecule has 2 aromatic heterocycles. The monoisotopic (exact) mass is 385 g/mol. The zero-order chi connectivity index (χ0) is 19.3. The van der Waals surface area contributed by atoms with E-state index < -0.39 is 0 Å². The summed E-state index contributed by atoms with van der Waals surface area (Å²) in [4.78, 5) is 17.9. The summed E-state index contributed by atoms with van der Waals surface area (Å²) >= 11 is 0. The Kier molecular flexibility index (Phi) is 5.76. The molecule has 0 saturated carbocycles. The summed E-state index contributed by atoms with van der Waals surface area (Å²) in [7, 11) is 1.61. The van der Waals surface area contributed by atoms with Crippen LogP contribution in [0.2, 0.25) is 0 Å². The highest BCUT2D eigenvalue weighted by Gasteiger charge is 2.25. The average molecular weight is 385 g/mol. The van der Waals surface area contributed by atoms with Crippen LogP contribution in [0.3, 0.4) is 0 Å². The molecule has 0 amide bonds. The SMILES string of the molecule is COc1ccc(OC2CCN(c3ncnc(N4CCOCC4)c3C)CC2)cn1. The second kappa shape index (κ2) is 8.60. The third-order valence-corrected chi connectivity index (χ3v) is 5.30. The second-order valence-electron chi connectivity index (χ2n) is 7.09. The molecule has 2 aliphatic heterocycles. The molecule has 28 heavy (non-hydrogen) atoms. The van der Waals surface area contributed by atoms with Crippen LogP contribution in [0, 0.1) is 6.92 Å². The fourth-order valence-electron chi connectivity index (χ4n) is 3.78. The molecule has 0 bridgehead atoms. The number of rotatable bonds is 5. The first kappa shape index (κ1) is 18.7. The third-order valence-electron chi connectivity index (χ3n) is 5.30. The number of anilines is 2. The topological polar surface area (TPSA) is 72.8 Å². The van der Waals surface area contributed by atoms with Gasteiger partial charge < -0.3 is 24.0 Å². The highest BCUT2D eigenvalue weighted by Crippen LogP contribution is 2.29. The van der Waals surface area contributed by atoms with Crippen molar-refractivity contribution < 1.29 is 14.2 Å². The molecule has 8 heteroatoms. The molecule has 2 saturated heterocycles. The molecular weight excluding hydrogens is 358 g/mol. The Balaban J connectivity index is 1.38. The number of ether oxygens (including phenoxy) is 3. The predicted octanol–water partition coefficient (Wildman–Crippen LogP) is 2.07. The average Bonchev–Trinajstić information content (AvgIpc) is 2.76. The van der Waals surface area contributed by atoms with Crippen LogP contribution in [0.5, 0.6) is 11.6 Å². The number of aromatic nitrogens is 3. The number of nitrogens with zero attached hydrogens (tertiary/aromatic N) is 5. The smallest absolute Gasteiger partial charge is 0.213 e. The van der Waals surface area contributed by atoms with Gasteiger partial charge in [-0.3, -0.25) is 0 Å². The number of hydrogen-bond donors (Lipinski definition) is 0. The lowest BCUT2D eigenvalue weighted by atomic mass is 10.1. The number of methoxy groups -OCH3 is 1. The van der Waals surface area contributed by atoms with Crippen molar-refractivity contribution in [3.05, 3.63) is 30.2 Å². The Bertz CT molecular complexity index is 772. The van der Waals surface area contributed by atoms with E-state index in [2.05, 4.69) is 31.7 Å². The number of piperidine rings is 1. The maximum absolute atomic E-state index is 6.09. The normalized spacial score (nSPS) is 18.2. The standard InChI is InChI=1S/C20H27N5O3/c1-15-19(22-14-23-20(15)25-9-11-27-12-10-25)24-7-5-16(6-8-24)28-17-3-4-18(26-2)21-13-17/h3-4,13-14,16H,5-12H2,1-2H3. The predicted molar refractivity (Wildman–Crippen MR) is 106 cm³/mol. The fraction of sp³-hybridized carbons (Fsp3) is 0.550. The second-order valence-corrected chi connectivity index (χ2v) is 7.09. The first-order valence-electron chi connectivity index (χ1n) is 9.80. The van der Waals surface area contributed by atoms with Crippen molar-refractivity contribution in [2.24, 2.45) is 0 Å². The van der Waals surface area contributed by atoms with Crippen LogP contribution in [0.15, 0.2) is 24.7 Å². The molecule has 0 unspecified atom stereocenters. The molecule has 0 N–H and O–H groups in total. The van der Waals surface area contributed by atoms with E-state index in [0.717, 1.165) is 75.2 Å². The Morgan fingerprint density at radius 1 is 0.964 bits per heavy atom. The summed E-state index contributed by atoms with van der Waals surface area (Å²) < 4.78 is 16.6. The summed E-state index contributed by atoms with van der Waals surface area (Å²) in [5.74, 6) is 3.43. The summed E-state index contributed by atoms with van der Waals surface area (Å²) in [6, 6.07) is 3.73. The quantitative estimate of drug-likeness (QED) is 0.775. The van der Waals surface area contributed by atoms with Crippen LogP contribution in [-0.2, 0) is 4.74 Å². The summed E-state index contributed by atoms with van der Waals surface area (Å²) in [5.41, 5.74) is 1.14. The molecule has 0 atom stereocenters. The highest BCUT2D eigenvalue weighted by atomic mass is 16.5. The van der Waals surface area contributed by atoms with Crippen LogP contribution in [0.25, 0.3) is 0 Å². The van der Waals surface area contributed by atoms with Crippen molar-refractivity contribution in [2.45, 2.75) is 25.9 Å². The largest absolute Gasteiger partial charge is 0.489 e. The van der Waals surface area contributed by atoms with Crippen LogP contribution < -0.4 is 19.3 Å². The van der Waals surface area contributed by atoms with E-state index in [4.69, 9.17) is 14.2 Å². The Hall–Kier alpha value is -2.61. The molecule has 2 fully saturated rings. The molecule has 4 rings (SSSR count). The van der Waals surface area contributed by atoms with E-state index in [1.165, 1.54) is 0 Å². The first-order chi connectivity index (χ1) is 13.7. The van der Waals surface area contributed by atoms with Crippen molar-refractivity contribution in [2.75, 3.05) is 56.3 Å². The van der Waals surface area contributed by atoms with E-state index >= 15 is 0 Å². The van der Waals surface area contributed by atoms with Gasteiger partial charge in [-0.25, -0.2) is 15.0 Å². The minimum absolute atomic E-state index is 0.187. The minimum Gasteiger partial charge on any atom is -0.489 e. The zero-order valence-corrected chi connectivity index (χ0v) is 16.5. The maximum atomic E-state index is 6.09. The minimum atomic E-state index is 0.187. The van der Waals surface area contributed by atoms with E-state index in [1.54, 1.807) is 19.6 Å². The molecule has 2 aliphatic rings. The summed E-state index contributed by atoms with van der Waals surface area (Å²) in [6.07, 6.45) is 5.48. The van der Waals surface area contributed by atoms with Gasteiger partial charge in [-0.05, 0) is 13.0 Å². The van der Waals surface area contributed by atoms with E-state index in [0.29, 0.717) is 5.88 Å². The van der Waals surface area contributed by atoms with Gasteiger partial charge in [0.25, 0.3) is 0 Å². The van der Waals surface area contributed by atoms with Gasteiger partial charge in [0.1, 0.15) is 29.8 Å². The van der Waals surface area contributed by atoms with E-state index in [-0.39, 0.29) is 6.10 Å². The van der Waals surface area contributed by atoms with Crippen LogP contribution >= 0.6 is 0 Å². The summed E-state index contributed by atoms with van der Waals surface area (Å²) in [5, 5.41) is 0. The van der Waals surface area contributed by atoms with Crippen LogP contribution in [0.4, 0.5) is 11.6 Å². The van der Waals surface area contributed by atoms with Crippen LogP contribution in [-0.4, -0.2) is 67.6 Å². The number of hydrogen-bond acceptors (Lipinski definition) is 8. The van der Waals surface area contributed by atoms with Crippen LogP contribution in [0.1, 0.15) is 18.4 Å². The van der Waals surface area contributed by atoms with Gasteiger partial charge in [0.2, 0.25) is 5.88 Å². The molecule has 150 valence electrons. The number of morpholine rings is 1. The molecule has 2 aromatic rings. The van der Waals surface area contributed by atoms with Gasteiger partial charge >= 0.3 is 0 Å². The van der Waals surface area contributed by atoms with Crippen molar-refractivity contribution in [3.63, 3.8) is 0 Å². The van der Waals surface area contributed by atoms with Gasteiger partial charge in [0.05, 0.1) is 26.5 Å². The molecule has 0 spiro atoms. The maximum Gasteiger partial charge on any atom is 0.213 e. The van der Waals surface area contributed by atoms with E-state index in [9.17, 15) is 0 Å². The first-order valence-corrected chi connectivity index (χ1v) is 9.80. The fourth-order valence-corrected chi connectivity index (χ4v) is 3.78. The molecule has 0 aliphatic carbocycles. The van der Waals surface area contributed by atoms with Gasteiger partial charge in [0, 0.05) is 50.7 Å². The molecule has 4 heterocycles. The Labute approximate surface area is 165 Å². The van der Waals surface area contributed by atoms with Crippen molar-refractivity contribution in [1.82, 2.24) is 15.0 Å². The van der Waals surface area contributed by atoms with Gasteiger partial charge in [-0.1, -0.05) is 0 Å². The zero-order valence-electron chi connectivity index (χ0n) is 16.5. The molecule has 0 radical (unpaired) electrons. The van der Waals surface area contributed by atoms with Gasteiger partial charge in [0.15, 0.2) is 0 Å². The van der Waals surface area contributed by atoms with Crippen molar-refractivity contribution in [3.8, 4) is 11.6 Å². The molecular formula is C20H27N5O3. The van der Waals surface area contributed by atoms with Crippen molar-refractivity contribution >= 4 is 11.6 Å². The Morgan fingerprint density at radius 2 is 1.64 bits per heavy atom. The lowest BCUT2D eigenvalue weighted by molar-refractivity contribution is 0.122. The van der Waals surface area contributed by atoms with Crippen molar-refractivity contribution in [1.29, 1.82) is 0 Å². The Morgan fingerprint density at radius 3 is 2.25 bits per heavy atom. The lowest BCUT2D eigenvalue weighted by Gasteiger charge is -2.35. The number of pyridine rings is 1. The summed E-state index contributed by atoms with van der Waals surface area (Å²) in [6.45, 7) is 7.20. The van der Waals surface area contributed by atoms with Gasteiger partial charge in [-0.2, -0.15) is 0 Å². The van der Waals surface area contributed by atoms with E-state index in [1.807, 2.05) is 12.1 Å². The third kappa shape index (κ3) is 4.11. The molecule has 8 nitrogen and oxygen atoms in total. The molecule has 0 aromatic carbocycles. The highest BCUT2D eigenvalue weighted by molar-refractivity contribution is 5.59.